The van der Waals surface area contributed by atoms with Crippen molar-refractivity contribution >= 4 is 11.4 Å². The highest BCUT2D eigenvalue weighted by molar-refractivity contribution is 6.03. The second-order valence-electron chi connectivity index (χ2n) is 3.95. The Morgan fingerprint density at radius 1 is 1.41 bits per heavy atom. The van der Waals surface area contributed by atoms with Crippen LogP contribution in [0.25, 0.3) is 0 Å². The molecule has 1 aliphatic rings. The van der Waals surface area contributed by atoms with Crippen molar-refractivity contribution < 1.29 is 14.3 Å². The Kier molecular flexibility index (Phi) is 3.58. The highest BCUT2D eigenvalue weighted by Crippen LogP contribution is 2.23. The van der Waals surface area contributed by atoms with Crippen LogP contribution in [0.3, 0.4) is 0 Å². The molecule has 2 rings (SSSR count). The maximum Gasteiger partial charge on any atom is 0.125 e. The smallest absolute Gasteiger partial charge is 0.125 e. The van der Waals surface area contributed by atoms with E-state index in [0.29, 0.717) is 18.9 Å². The molecule has 0 spiro atoms. The minimum Gasteiger partial charge on any atom is -0.411 e. The molecule has 1 aromatic rings. The number of morpholine rings is 1. The first kappa shape index (κ1) is 11.9. The maximum atomic E-state index is 13.3. The largest absolute Gasteiger partial charge is 0.411 e. The minimum atomic E-state index is -0.291. The van der Waals surface area contributed by atoms with E-state index in [9.17, 15) is 4.39 Å². The maximum absolute atomic E-state index is 13.3. The first-order chi connectivity index (χ1) is 8.22. The molecule has 1 fully saturated rings. The molecule has 1 N–H and O–H groups in total. The lowest BCUT2D eigenvalue weighted by Gasteiger charge is -2.30. The van der Waals surface area contributed by atoms with E-state index in [1.54, 1.807) is 13.0 Å². The van der Waals surface area contributed by atoms with E-state index in [0.717, 1.165) is 24.3 Å². The van der Waals surface area contributed by atoms with Gasteiger partial charge in [-0.3, -0.25) is 0 Å². The quantitative estimate of drug-likeness (QED) is 0.486. The van der Waals surface area contributed by atoms with Gasteiger partial charge >= 0.3 is 0 Å². The number of anilines is 1. The zero-order valence-corrected chi connectivity index (χ0v) is 9.69. The lowest BCUT2D eigenvalue weighted by Crippen LogP contribution is -2.37. The van der Waals surface area contributed by atoms with Crippen LogP contribution >= 0.6 is 0 Å². The number of benzene rings is 1. The molecule has 1 aliphatic heterocycles. The molecule has 0 aliphatic carbocycles. The molecular weight excluding hydrogens is 223 g/mol. The summed E-state index contributed by atoms with van der Waals surface area (Å²) >= 11 is 0. The van der Waals surface area contributed by atoms with E-state index >= 15 is 0 Å². The van der Waals surface area contributed by atoms with Crippen LogP contribution in [0.1, 0.15) is 12.5 Å². The summed E-state index contributed by atoms with van der Waals surface area (Å²) in [6.45, 7) is 4.39. The summed E-state index contributed by atoms with van der Waals surface area (Å²) in [6, 6.07) is 4.47. The van der Waals surface area contributed by atoms with E-state index in [1.807, 2.05) is 4.90 Å². The van der Waals surface area contributed by atoms with Gasteiger partial charge in [0.2, 0.25) is 0 Å². The highest BCUT2D eigenvalue weighted by Gasteiger charge is 2.17. The Hall–Kier alpha value is -1.62. The summed E-state index contributed by atoms with van der Waals surface area (Å²) in [7, 11) is 0. The van der Waals surface area contributed by atoms with Crippen molar-refractivity contribution in [1.82, 2.24) is 0 Å². The van der Waals surface area contributed by atoms with Crippen molar-refractivity contribution in [3.8, 4) is 0 Å². The molecule has 0 radical (unpaired) electrons. The predicted molar refractivity (Wildman–Crippen MR) is 63.4 cm³/mol. The van der Waals surface area contributed by atoms with Gasteiger partial charge in [-0.2, -0.15) is 0 Å². The van der Waals surface area contributed by atoms with Gasteiger partial charge in [0.1, 0.15) is 5.82 Å². The molecule has 0 bridgehead atoms. The van der Waals surface area contributed by atoms with Gasteiger partial charge in [0.15, 0.2) is 0 Å². The molecule has 1 heterocycles. The van der Waals surface area contributed by atoms with Crippen molar-refractivity contribution in [1.29, 1.82) is 0 Å². The number of rotatable bonds is 2. The second kappa shape index (κ2) is 5.14. The van der Waals surface area contributed by atoms with Crippen LogP contribution in [0.4, 0.5) is 10.1 Å². The van der Waals surface area contributed by atoms with Crippen LogP contribution in [0, 0.1) is 5.82 Å². The number of hydrogen-bond acceptors (Lipinski definition) is 4. The molecule has 0 atom stereocenters. The van der Waals surface area contributed by atoms with E-state index < -0.39 is 0 Å². The van der Waals surface area contributed by atoms with Gasteiger partial charge in [0, 0.05) is 24.3 Å². The fraction of sp³-hybridized carbons (Fsp3) is 0.417. The van der Waals surface area contributed by atoms with Gasteiger partial charge < -0.3 is 14.8 Å². The number of halogens is 1. The van der Waals surface area contributed by atoms with Crippen LogP contribution in [0.15, 0.2) is 23.4 Å². The van der Waals surface area contributed by atoms with Gasteiger partial charge in [0.25, 0.3) is 0 Å². The van der Waals surface area contributed by atoms with Crippen LogP contribution in [0.5, 0.6) is 0 Å². The molecule has 0 aromatic heterocycles. The molecule has 0 saturated carbocycles. The summed E-state index contributed by atoms with van der Waals surface area (Å²) in [6.07, 6.45) is 0. The van der Waals surface area contributed by atoms with E-state index in [1.165, 1.54) is 12.1 Å². The standard InChI is InChI=1S/C12H15FN2O2/c1-9(14-16)11-3-2-10(13)8-12(11)15-4-6-17-7-5-15/h2-3,8,16H,4-7H2,1H3. The normalized spacial score (nSPS) is 17.3. The molecule has 5 heteroatoms. The lowest BCUT2D eigenvalue weighted by atomic mass is 10.1. The second-order valence-corrected chi connectivity index (χ2v) is 3.95. The average molecular weight is 238 g/mol. The third-order valence-electron chi connectivity index (χ3n) is 2.85. The van der Waals surface area contributed by atoms with E-state index in [4.69, 9.17) is 9.94 Å². The van der Waals surface area contributed by atoms with Gasteiger partial charge in [-0.25, -0.2) is 4.39 Å². The Balaban J connectivity index is 2.38. The summed E-state index contributed by atoms with van der Waals surface area (Å²) in [5, 5.41) is 12.0. The lowest BCUT2D eigenvalue weighted by molar-refractivity contribution is 0.122. The van der Waals surface area contributed by atoms with Crippen molar-refractivity contribution in [3.05, 3.63) is 29.6 Å². The topological polar surface area (TPSA) is 45.1 Å². The summed E-state index contributed by atoms with van der Waals surface area (Å²) in [5.74, 6) is -0.291. The Labute approximate surface area is 99.3 Å². The number of oxime groups is 1. The Bertz CT molecular complexity index is 429. The predicted octanol–water partition coefficient (Wildman–Crippen LogP) is 1.86. The molecule has 1 aromatic carbocycles. The van der Waals surface area contributed by atoms with Crippen molar-refractivity contribution in [2.45, 2.75) is 6.92 Å². The Morgan fingerprint density at radius 2 is 2.12 bits per heavy atom. The summed E-state index contributed by atoms with van der Waals surface area (Å²) in [5.41, 5.74) is 1.98. The fourth-order valence-electron chi connectivity index (χ4n) is 1.93. The van der Waals surface area contributed by atoms with E-state index in [-0.39, 0.29) is 5.82 Å². The monoisotopic (exact) mass is 238 g/mol. The minimum absolute atomic E-state index is 0.291. The summed E-state index contributed by atoms with van der Waals surface area (Å²) < 4.78 is 18.6. The third-order valence-corrected chi connectivity index (χ3v) is 2.85. The fourth-order valence-corrected chi connectivity index (χ4v) is 1.93. The molecule has 92 valence electrons. The molecule has 0 amide bonds. The highest BCUT2D eigenvalue weighted by atomic mass is 19.1. The molecule has 4 nitrogen and oxygen atoms in total. The average Bonchev–Trinajstić information content (AvgIpc) is 2.39. The number of nitrogens with zero attached hydrogens (tertiary/aromatic N) is 2. The molecule has 17 heavy (non-hydrogen) atoms. The van der Waals surface area contributed by atoms with Crippen LogP contribution < -0.4 is 4.90 Å². The van der Waals surface area contributed by atoms with Gasteiger partial charge in [-0.15, -0.1) is 0 Å². The number of ether oxygens (including phenoxy) is 1. The zero-order valence-electron chi connectivity index (χ0n) is 9.69. The molecule has 0 unspecified atom stereocenters. The van der Waals surface area contributed by atoms with Gasteiger partial charge in [-0.1, -0.05) is 5.16 Å². The van der Waals surface area contributed by atoms with Gasteiger partial charge in [-0.05, 0) is 25.1 Å². The van der Waals surface area contributed by atoms with Crippen molar-refractivity contribution in [2.24, 2.45) is 5.16 Å². The van der Waals surface area contributed by atoms with Crippen LogP contribution in [-0.2, 0) is 4.74 Å². The first-order valence-electron chi connectivity index (χ1n) is 5.53. The molecular formula is C12H15FN2O2. The van der Waals surface area contributed by atoms with E-state index in [2.05, 4.69) is 5.16 Å². The van der Waals surface area contributed by atoms with Gasteiger partial charge in [0.05, 0.1) is 18.9 Å². The molecule has 1 saturated heterocycles. The van der Waals surface area contributed by atoms with Crippen molar-refractivity contribution in [2.75, 3.05) is 31.2 Å². The third kappa shape index (κ3) is 2.55. The van der Waals surface area contributed by atoms with Crippen LogP contribution in [-0.4, -0.2) is 37.2 Å². The SMILES string of the molecule is CC(=NO)c1ccc(F)cc1N1CCOCC1. The first-order valence-corrected chi connectivity index (χ1v) is 5.53. The number of hydrogen-bond donors (Lipinski definition) is 1. The van der Waals surface area contributed by atoms with Crippen molar-refractivity contribution in [3.63, 3.8) is 0 Å². The summed E-state index contributed by atoms with van der Waals surface area (Å²) in [4.78, 5) is 2.04. The zero-order chi connectivity index (χ0) is 12.3. The Morgan fingerprint density at radius 3 is 2.76 bits per heavy atom. The van der Waals surface area contributed by atoms with Crippen LogP contribution in [0.2, 0.25) is 0 Å².